The molecule has 3 heterocycles. The smallest absolute Gasteiger partial charge is 0.225 e. The predicted octanol–water partition coefficient (Wildman–Crippen LogP) is 6.80. The average Bonchev–Trinajstić information content (AvgIpc) is 3.23. The second kappa shape index (κ2) is 7.56. The summed E-state index contributed by atoms with van der Waals surface area (Å²) in [6.07, 6.45) is 0.987. The molecule has 0 saturated carbocycles. The van der Waals surface area contributed by atoms with Gasteiger partial charge in [-0.25, -0.2) is 4.98 Å². The fourth-order valence-corrected chi connectivity index (χ4v) is 5.62. The predicted molar refractivity (Wildman–Crippen MR) is 126 cm³/mol. The molecule has 2 aromatic heterocycles. The van der Waals surface area contributed by atoms with Gasteiger partial charge in [0, 0.05) is 22.2 Å². The summed E-state index contributed by atoms with van der Waals surface area (Å²) < 4.78 is 5.62. The Hall–Kier alpha value is -2.63. The van der Waals surface area contributed by atoms with Gasteiger partial charge in [-0.15, -0.1) is 11.3 Å². The van der Waals surface area contributed by atoms with Crippen LogP contribution in [-0.4, -0.2) is 22.6 Å². The summed E-state index contributed by atoms with van der Waals surface area (Å²) in [6, 6.07) is 17.1. The Balaban J connectivity index is 1.74. The minimum absolute atomic E-state index is 0.286. The first-order chi connectivity index (χ1) is 14.6. The number of thiophene rings is 1. The Morgan fingerprint density at radius 2 is 1.90 bits per heavy atom. The first-order valence-electron chi connectivity index (χ1n) is 10.1. The molecular weight excluding hydrogens is 414 g/mol. The number of fused-ring (bicyclic) bond motifs is 2. The summed E-state index contributed by atoms with van der Waals surface area (Å²) in [5, 5.41) is 1.35. The molecule has 0 radical (unpaired) electrons. The first kappa shape index (κ1) is 19.3. The molecule has 4 aromatic rings. The van der Waals surface area contributed by atoms with Gasteiger partial charge >= 0.3 is 0 Å². The van der Waals surface area contributed by atoms with Crippen molar-refractivity contribution in [2.45, 2.75) is 33.2 Å². The molecule has 0 N–H and O–H groups in total. The maximum absolute atomic E-state index is 6.38. The lowest BCUT2D eigenvalue weighted by molar-refractivity contribution is 0.340. The van der Waals surface area contributed by atoms with E-state index in [1.165, 1.54) is 21.7 Å². The summed E-state index contributed by atoms with van der Waals surface area (Å²) >= 11 is 8.05. The highest BCUT2D eigenvalue weighted by atomic mass is 35.5. The molecule has 1 atom stereocenters. The molecule has 1 aliphatic heterocycles. The summed E-state index contributed by atoms with van der Waals surface area (Å²) in [7, 11) is 0. The standard InChI is InChI=1S/C24H22ClN3OS/c1-4-29-18-11-9-16(10-12-18)20-15(3)30-23-21(20)22(26-24(25)27-23)28-14(2)13-17-7-5-6-8-19(17)28/h5-12,14H,4,13H2,1-3H3. The van der Waals surface area contributed by atoms with Crippen molar-refractivity contribution in [3.05, 3.63) is 64.3 Å². The Bertz CT molecular complexity index is 1240. The van der Waals surface area contributed by atoms with Gasteiger partial charge in [0.05, 0.1) is 12.0 Å². The fraction of sp³-hybridized carbons (Fsp3) is 0.250. The van der Waals surface area contributed by atoms with Gasteiger partial charge in [0.1, 0.15) is 16.4 Å². The number of rotatable bonds is 4. The van der Waals surface area contributed by atoms with Gasteiger partial charge in [-0.1, -0.05) is 30.3 Å². The van der Waals surface area contributed by atoms with Crippen LogP contribution in [0.25, 0.3) is 21.3 Å². The van der Waals surface area contributed by atoms with E-state index in [1.54, 1.807) is 11.3 Å². The molecule has 5 rings (SSSR count). The van der Waals surface area contributed by atoms with Crippen LogP contribution in [-0.2, 0) is 6.42 Å². The molecule has 0 bridgehead atoms. The highest BCUT2D eigenvalue weighted by Crippen LogP contribution is 2.46. The van der Waals surface area contributed by atoms with Gasteiger partial charge in [0.25, 0.3) is 0 Å². The maximum atomic E-state index is 6.38. The Morgan fingerprint density at radius 3 is 2.67 bits per heavy atom. The van der Waals surface area contributed by atoms with Gasteiger partial charge < -0.3 is 9.64 Å². The number of hydrogen-bond acceptors (Lipinski definition) is 5. The molecule has 0 amide bonds. The number of nitrogens with zero attached hydrogens (tertiary/aromatic N) is 3. The lowest BCUT2D eigenvalue weighted by atomic mass is 10.0. The van der Waals surface area contributed by atoms with E-state index in [1.807, 2.05) is 19.1 Å². The van der Waals surface area contributed by atoms with E-state index in [-0.39, 0.29) is 5.28 Å². The number of benzene rings is 2. The van der Waals surface area contributed by atoms with Crippen molar-refractivity contribution < 1.29 is 4.74 Å². The maximum Gasteiger partial charge on any atom is 0.225 e. The van der Waals surface area contributed by atoms with Crippen LogP contribution in [0.15, 0.2) is 48.5 Å². The molecule has 2 aromatic carbocycles. The molecule has 1 unspecified atom stereocenters. The molecule has 0 fully saturated rings. The number of hydrogen-bond donors (Lipinski definition) is 0. The van der Waals surface area contributed by atoms with Crippen molar-refractivity contribution in [2.24, 2.45) is 0 Å². The summed E-state index contributed by atoms with van der Waals surface area (Å²) in [5.41, 5.74) is 4.83. The summed E-state index contributed by atoms with van der Waals surface area (Å²) in [5.74, 6) is 1.76. The van der Waals surface area contributed by atoms with E-state index in [4.69, 9.17) is 21.3 Å². The van der Waals surface area contributed by atoms with Crippen molar-refractivity contribution in [3.8, 4) is 16.9 Å². The molecule has 0 saturated heterocycles. The number of ether oxygens (including phenoxy) is 1. The Morgan fingerprint density at radius 1 is 1.13 bits per heavy atom. The topological polar surface area (TPSA) is 38.3 Å². The zero-order valence-electron chi connectivity index (χ0n) is 17.1. The monoisotopic (exact) mass is 435 g/mol. The van der Waals surface area contributed by atoms with E-state index in [0.29, 0.717) is 12.6 Å². The minimum atomic E-state index is 0.286. The van der Waals surface area contributed by atoms with Crippen LogP contribution in [0.5, 0.6) is 5.75 Å². The molecule has 0 aliphatic carbocycles. The van der Waals surface area contributed by atoms with E-state index < -0.39 is 0 Å². The fourth-order valence-electron chi connectivity index (χ4n) is 4.36. The van der Waals surface area contributed by atoms with Crippen molar-refractivity contribution >= 4 is 44.7 Å². The highest BCUT2D eigenvalue weighted by Gasteiger charge is 2.31. The van der Waals surface area contributed by atoms with Crippen LogP contribution in [0.3, 0.4) is 0 Å². The van der Waals surface area contributed by atoms with E-state index >= 15 is 0 Å². The quantitative estimate of drug-likeness (QED) is 0.330. The number of halogens is 1. The van der Waals surface area contributed by atoms with Crippen LogP contribution >= 0.6 is 22.9 Å². The van der Waals surface area contributed by atoms with Crippen LogP contribution < -0.4 is 9.64 Å². The number of para-hydroxylation sites is 1. The molecule has 1 aliphatic rings. The molecular formula is C24H22ClN3OS. The number of aromatic nitrogens is 2. The van der Waals surface area contributed by atoms with E-state index in [2.05, 4.69) is 60.1 Å². The van der Waals surface area contributed by atoms with Gasteiger partial charge in [0.2, 0.25) is 5.28 Å². The lowest BCUT2D eigenvalue weighted by Crippen LogP contribution is -2.25. The molecule has 152 valence electrons. The third kappa shape index (κ3) is 3.13. The van der Waals surface area contributed by atoms with E-state index in [9.17, 15) is 0 Å². The second-order valence-corrected chi connectivity index (χ2v) is 9.08. The zero-order chi connectivity index (χ0) is 20.8. The summed E-state index contributed by atoms with van der Waals surface area (Å²) in [4.78, 5) is 13.7. The van der Waals surface area contributed by atoms with Crippen LogP contribution in [0, 0.1) is 6.92 Å². The Kier molecular flexibility index (Phi) is 4.88. The van der Waals surface area contributed by atoms with Crippen molar-refractivity contribution in [1.82, 2.24) is 9.97 Å². The number of anilines is 2. The van der Waals surface area contributed by atoms with Crippen molar-refractivity contribution in [3.63, 3.8) is 0 Å². The molecule has 4 nitrogen and oxygen atoms in total. The largest absolute Gasteiger partial charge is 0.494 e. The van der Waals surface area contributed by atoms with Crippen LogP contribution in [0.4, 0.5) is 11.5 Å². The summed E-state index contributed by atoms with van der Waals surface area (Å²) in [6.45, 7) is 7.02. The van der Waals surface area contributed by atoms with Crippen LogP contribution in [0.2, 0.25) is 5.28 Å². The van der Waals surface area contributed by atoms with Gasteiger partial charge in [-0.3, -0.25) is 0 Å². The Labute approximate surface area is 185 Å². The lowest BCUT2D eigenvalue weighted by Gasteiger charge is -2.25. The van der Waals surface area contributed by atoms with Gasteiger partial charge in [0.15, 0.2) is 0 Å². The second-order valence-electron chi connectivity index (χ2n) is 7.54. The van der Waals surface area contributed by atoms with E-state index in [0.717, 1.165) is 33.8 Å². The van der Waals surface area contributed by atoms with Gasteiger partial charge in [-0.05, 0) is 68.1 Å². The molecule has 30 heavy (non-hydrogen) atoms. The number of aryl methyl sites for hydroxylation is 1. The minimum Gasteiger partial charge on any atom is -0.494 e. The zero-order valence-corrected chi connectivity index (χ0v) is 18.7. The average molecular weight is 436 g/mol. The molecule has 0 spiro atoms. The molecule has 6 heteroatoms. The first-order valence-corrected chi connectivity index (χ1v) is 11.3. The third-order valence-electron chi connectivity index (χ3n) is 5.57. The van der Waals surface area contributed by atoms with Crippen molar-refractivity contribution in [1.29, 1.82) is 0 Å². The van der Waals surface area contributed by atoms with Gasteiger partial charge in [-0.2, -0.15) is 4.98 Å². The van der Waals surface area contributed by atoms with Crippen LogP contribution in [0.1, 0.15) is 24.3 Å². The highest BCUT2D eigenvalue weighted by molar-refractivity contribution is 7.19. The van der Waals surface area contributed by atoms with Crippen molar-refractivity contribution in [2.75, 3.05) is 11.5 Å². The third-order valence-corrected chi connectivity index (χ3v) is 6.74. The SMILES string of the molecule is CCOc1ccc(-c2c(C)sc3nc(Cl)nc(N4c5ccccc5CC4C)c23)cc1. The normalized spacial score (nSPS) is 15.6.